The first-order valence-electron chi connectivity index (χ1n) is 7.28. The molecule has 2 rings (SSSR count). The fourth-order valence-corrected chi connectivity index (χ4v) is 3.43. The second kappa shape index (κ2) is 8.17. The Bertz CT molecular complexity index is 643. The molecule has 1 aromatic carbocycles. The number of benzene rings is 1. The first-order chi connectivity index (χ1) is 11.0. The molecule has 1 heterocycles. The summed E-state index contributed by atoms with van der Waals surface area (Å²) in [5, 5.41) is 11.8. The van der Waals surface area contributed by atoms with Gasteiger partial charge in [-0.2, -0.15) is 12.6 Å². The molecule has 6 heteroatoms. The summed E-state index contributed by atoms with van der Waals surface area (Å²) < 4.78 is 0. The second-order valence-electron chi connectivity index (χ2n) is 5.24. The van der Waals surface area contributed by atoms with Gasteiger partial charge in [0.05, 0.1) is 10.9 Å². The summed E-state index contributed by atoms with van der Waals surface area (Å²) in [6.45, 7) is 1.53. The minimum atomic E-state index is -1.02. The largest absolute Gasteiger partial charge is 0.480 e. The molecule has 1 aromatic heterocycles. The van der Waals surface area contributed by atoms with E-state index in [9.17, 15) is 14.7 Å². The number of carboxylic acids is 1. The van der Waals surface area contributed by atoms with Crippen LogP contribution < -0.4 is 4.90 Å². The van der Waals surface area contributed by atoms with Crippen LogP contribution in [0.2, 0.25) is 0 Å². The first-order valence-corrected chi connectivity index (χ1v) is 8.80. The molecule has 0 aliphatic heterocycles. The minimum Gasteiger partial charge on any atom is -0.480 e. The standard InChI is InChI=1S/C17H19NO3S2/c1-12(17(20)21)18(15-8-5-9-23-15)16(19)14(11-22)10-13-6-3-2-4-7-13/h2-9,12,14,22H,10-11H2,1H3,(H,20,21)/t12-,14?/m0/s1. The Morgan fingerprint density at radius 3 is 2.43 bits per heavy atom. The van der Waals surface area contributed by atoms with Crippen LogP contribution in [0.15, 0.2) is 47.8 Å². The van der Waals surface area contributed by atoms with Crippen LogP contribution in [0, 0.1) is 5.92 Å². The van der Waals surface area contributed by atoms with E-state index in [4.69, 9.17) is 0 Å². The normalized spacial score (nSPS) is 13.3. The highest BCUT2D eigenvalue weighted by Gasteiger charge is 2.32. The number of thiol groups is 1. The van der Waals surface area contributed by atoms with Crippen molar-refractivity contribution >= 4 is 40.8 Å². The van der Waals surface area contributed by atoms with Gasteiger partial charge in [-0.05, 0) is 36.4 Å². The zero-order valence-corrected chi connectivity index (χ0v) is 14.5. The SMILES string of the molecule is C[C@@H](C(=O)O)N(C(=O)C(CS)Cc1ccccc1)c1cccs1. The van der Waals surface area contributed by atoms with E-state index in [2.05, 4.69) is 12.6 Å². The van der Waals surface area contributed by atoms with Gasteiger partial charge in [0.1, 0.15) is 6.04 Å². The third kappa shape index (κ3) is 4.36. The molecule has 2 atom stereocenters. The molecule has 0 radical (unpaired) electrons. The summed E-state index contributed by atoms with van der Waals surface area (Å²) in [7, 11) is 0. The van der Waals surface area contributed by atoms with Gasteiger partial charge in [0, 0.05) is 5.75 Å². The lowest BCUT2D eigenvalue weighted by Gasteiger charge is -2.28. The van der Waals surface area contributed by atoms with Crippen LogP contribution in [0.3, 0.4) is 0 Å². The van der Waals surface area contributed by atoms with Crippen LogP contribution in [0.4, 0.5) is 5.00 Å². The van der Waals surface area contributed by atoms with E-state index in [0.29, 0.717) is 17.2 Å². The molecule has 4 nitrogen and oxygen atoms in total. The van der Waals surface area contributed by atoms with Crippen molar-refractivity contribution < 1.29 is 14.7 Å². The molecule has 0 bridgehead atoms. The highest BCUT2D eigenvalue weighted by molar-refractivity contribution is 7.80. The number of hydrogen-bond acceptors (Lipinski definition) is 4. The fourth-order valence-electron chi connectivity index (χ4n) is 2.33. The molecule has 0 aliphatic rings. The number of carboxylic acid groups (broad SMARTS) is 1. The predicted molar refractivity (Wildman–Crippen MR) is 96.4 cm³/mol. The van der Waals surface area contributed by atoms with Gasteiger partial charge < -0.3 is 5.11 Å². The molecule has 122 valence electrons. The maximum Gasteiger partial charge on any atom is 0.326 e. The molecule has 1 unspecified atom stereocenters. The Labute approximate surface area is 145 Å². The van der Waals surface area contributed by atoms with Crippen LogP contribution in [-0.2, 0) is 16.0 Å². The number of rotatable bonds is 7. The summed E-state index contributed by atoms with van der Waals surface area (Å²) in [5.41, 5.74) is 1.04. The van der Waals surface area contributed by atoms with Gasteiger partial charge in [0.25, 0.3) is 0 Å². The fraction of sp³-hybridized carbons (Fsp3) is 0.294. The Hall–Kier alpha value is -1.79. The topological polar surface area (TPSA) is 57.6 Å². The van der Waals surface area contributed by atoms with Crippen molar-refractivity contribution in [3.05, 3.63) is 53.4 Å². The lowest BCUT2D eigenvalue weighted by Crippen LogP contribution is -2.46. The summed E-state index contributed by atoms with van der Waals surface area (Å²) in [6, 6.07) is 12.3. The number of thiophene rings is 1. The number of aliphatic carboxylic acids is 1. The van der Waals surface area contributed by atoms with E-state index in [0.717, 1.165) is 5.56 Å². The Morgan fingerprint density at radius 2 is 1.91 bits per heavy atom. The van der Waals surface area contributed by atoms with E-state index in [-0.39, 0.29) is 11.8 Å². The number of amides is 1. The van der Waals surface area contributed by atoms with Gasteiger partial charge in [-0.15, -0.1) is 11.3 Å². The van der Waals surface area contributed by atoms with Gasteiger partial charge in [-0.1, -0.05) is 30.3 Å². The number of carbonyl (C=O) groups excluding carboxylic acids is 1. The first kappa shape index (κ1) is 17.6. The van der Waals surface area contributed by atoms with Gasteiger partial charge in [-0.25, -0.2) is 4.79 Å². The van der Waals surface area contributed by atoms with Crippen molar-refractivity contribution in [3.63, 3.8) is 0 Å². The zero-order chi connectivity index (χ0) is 16.8. The number of anilines is 1. The third-order valence-electron chi connectivity index (χ3n) is 3.62. The van der Waals surface area contributed by atoms with E-state index >= 15 is 0 Å². The van der Waals surface area contributed by atoms with Gasteiger partial charge in [0.2, 0.25) is 5.91 Å². The van der Waals surface area contributed by atoms with Crippen molar-refractivity contribution in [1.82, 2.24) is 0 Å². The van der Waals surface area contributed by atoms with E-state index in [1.54, 1.807) is 6.07 Å². The quantitative estimate of drug-likeness (QED) is 0.754. The van der Waals surface area contributed by atoms with Gasteiger partial charge >= 0.3 is 5.97 Å². The summed E-state index contributed by atoms with van der Waals surface area (Å²) in [5.74, 6) is -1.24. The summed E-state index contributed by atoms with van der Waals surface area (Å²) in [4.78, 5) is 25.7. The Morgan fingerprint density at radius 1 is 1.22 bits per heavy atom. The molecular weight excluding hydrogens is 330 g/mol. The maximum absolute atomic E-state index is 12.9. The number of carbonyl (C=O) groups is 2. The summed E-state index contributed by atoms with van der Waals surface area (Å²) in [6.07, 6.45) is 0.539. The van der Waals surface area contributed by atoms with Crippen molar-refractivity contribution in [2.24, 2.45) is 5.92 Å². The predicted octanol–water partition coefficient (Wildman–Crippen LogP) is 3.34. The molecule has 1 N–H and O–H groups in total. The second-order valence-corrected chi connectivity index (χ2v) is 6.53. The highest BCUT2D eigenvalue weighted by Crippen LogP contribution is 2.27. The van der Waals surface area contributed by atoms with Crippen LogP contribution in [0.1, 0.15) is 12.5 Å². The van der Waals surface area contributed by atoms with E-state index < -0.39 is 12.0 Å². The Balaban J connectivity index is 2.26. The van der Waals surface area contributed by atoms with Gasteiger partial charge in [-0.3, -0.25) is 9.69 Å². The van der Waals surface area contributed by atoms with E-state index in [1.807, 2.05) is 41.8 Å². The van der Waals surface area contributed by atoms with Crippen molar-refractivity contribution in [2.45, 2.75) is 19.4 Å². The monoisotopic (exact) mass is 349 g/mol. The lowest BCUT2D eigenvalue weighted by atomic mass is 9.99. The molecule has 0 fully saturated rings. The van der Waals surface area contributed by atoms with Crippen LogP contribution in [0.25, 0.3) is 0 Å². The maximum atomic E-state index is 12.9. The molecule has 0 spiro atoms. The van der Waals surface area contributed by atoms with Crippen LogP contribution >= 0.6 is 24.0 Å². The molecule has 0 saturated carbocycles. The zero-order valence-electron chi connectivity index (χ0n) is 12.8. The molecular formula is C17H19NO3S2. The van der Waals surface area contributed by atoms with Crippen molar-refractivity contribution in [2.75, 3.05) is 10.7 Å². The lowest BCUT2D eigenvalue weighted by molar-refractivity contribution is -0.140. The molecule has 0 saturated heterocycles. The van der Waals surface area contributed by atoms with Crippen molar-refractivity contribution in [3.8, 4) is 0 Å². The molecule has 2 aromatic rings. The Kier molecular flexibility index (Phi) is 6.24. The average Bonchev–Trinajstić information content (AvgIpc) is 3.07. The van der Waals surface area contributed by atoms with Crippen LogP contribution in [0.5, 0.6) is 0 Å². The van der Waals surface area contributed by atoms with Crippen LogP contribution in [-0.4, -0.2) is 28.8 Å². The minimum absolute atomic E-state index is 0.207. The third-order valence-corrected chi connectivity index (χ3v) is 4.93. The smallest absolute Gasteiger partial charge is 0.326 e. The highest BCUT2D eigenvalue weighted by atomic mass is 32.1. The molecule has 1 amide bonds. The number of nitrogens with zero attached hydrogens (tertiary/aromatic N) is 1. The molecule has 0 aliphatic carbocycles. The average molecular weight is 349 g/mol. The van der Waals surface area contributed by atoms with Gasteiger partial charge in [0.15, 0.2) is 0 Å². The molecule has 23 heavy (non-hydrogen) atoms. The summed E-state index contributed by atoms with van der Waals surface area (Å²) >= 11 is 5.66. The van der Waals surface area contributed by atoms with Crippen molar-refractivity contribution in [1.29, 1.82) is 0 Å². The number of hydrogen-bond donors (Lipinski definition) is 2. The van der Waals surface area contributed by atoms with E-state index in [1.165, 1.54) is 23.2 Å².